The molecule has 1 aromatic rings. The number of nitrogens with zero attached hydrogens (tertiary/aromatic N) is 2. The zero-order valence-corrected chi connectivity index (χ0v) is 19.0. The summed E-state index contributed by atoms with van der Waals surface area (Å²) in [4.78, 5) is 53.4. The van der Waals surface area contributed by atoms with E-state index < -0.39 is 17.5 Å². The largest absolute Gasteiger partial charge is 0.366 e. The highest BCUT2D eigenvalue weighted by Crippen LogP contribution is 2.46. The fourth-order valence-electron chi connectivity index (χ4n) is 5.65. The molecule has 3 aliphatic rings. The molecule has 1 saturated heterocycles. The van der Waals surface area contributed by atoms with E-state index in [0.29, 0.717) is 30.9 Å². The molecule has 2 unspecified atom stereocenters. The van der Waals surface area contributed by atoms with Crippen molar-refractivity contribution in [3.8, 4) is 0 Å². The highest BCUT2D eigenvalue weighted by molar-refractivity contribution is 6.09. The summed E-state index contributed by atoms with van der Waals surface area (Å²) >= 11 is 0. The fourth-order valence-corrected chi connectivity index (χ4v) is 5.65. The van der Waals surface area contributed by atoms with Gasteiger partial charge in [-0.3, -0.25) is 19.3 Å². The quantitative estimate of drug-likeness (QED) is 0.662. The smallest absolute Gasteiger partial charge is 0.325 e. The summed E-state index contributed by atoms with van der Waals surface area (Å²) in [7, 11) is 0. The summed E-state index contributed by atoms with van der Waals surface area (Å²) in [6, 6.07) is 6.46. The molecule has 1 aliphatic heterocycles. The number of benzene rings is 1. The van der Waals surface area contributed by atoms with Gasteiger partial charge in [0.25, 0.3) is 5.91 Å². The summed E-state index contributed by atoms with van der Waals surface area (Å²) in [5, 5.41) is 2.93. The van der Waals surface area contributed by atoms with Crippen LogP contribution in [0.3, 0.4) is 0 Å². The van der Waals surface area contributed by atoms with Crippen molar-refractivity contribution < 1.29 is 19.2 Å². The van der Waals surface area contributed by atoms with Crippen LogP contribution in [0.1, 0.15) is 68.8 Å². The van der Waals surface area contributed by atoms with Crippen molar-refractivity contribution in [3.05, 3.63) is 35.4 Å². The van der Waals surface area contributed by atoms with Crippen molar-refractivity contribution in [1.82, 2.24) is 15.1 Å². The predicted molar refractivity (Wildman–Crippen MR) is 118 cm³/mol. The van der Waals surface area contributed by atoms with E-state index in [1.807, 2.05) is 0 Å². The van der Waals surface area contributed by atoms with Crippen molar-refractivity contribution >= 4 is 23.8 Å². The van der Waals surface area contributed by atoms with Crippen molar-refractivity contribution in [1.29, 1.82) is 0 Å². The summed E-state index contributed by atoms with van der Waals surface area (Å²) in [5.41, 5.74) is 5.60. The lowest BCUT2D eigenvalue weighted by Crippen LogP contribution is -2.54. The van der Waals surface area contributed by atoms with Gasteiger partial charge in [-0.25, -0.2) is 4.79 Å². The molecule has 172 valence electrons. The maximum absolute atomic E-state index is 13.4. The number of primary amides is 1. The van der Waals surface area contributed by atoms with Gasteiger partial charge in [0, 0.05) is 18.2 Å². The normalized spacial score (nSPS) is 26.8. The van der Waals surface area contributed by atoms with Crippen LogP contribution in [0.2, 0.25) is 0 Å². The molecule has 1 heterocycles. The minimum absolute atomic E-state index is 0.0578. The maximum Gasteiger partial charge on any atom is 0.325 e. The lowest BCUT2D eigenvalue weighted by Gasteiger charge is -2.43. The van der Waals surface area contributed by atoms with Gasteiger partial charge in [0.15, 0.2) is 0 Å². The number of hydrogen-bond donors (Lipinski definition) is 2. The van der Waals surface area contributed by atoms with Gasteiger partial charge in [-0.05, 0) is 61.1 Å². The van der Waals surface area contributed by atoms with Crippen molar-refractivity contribution in [2.24, 2.45) is 17.1 Å². The van der Waals surface area contributed by atoms with E-state index in [9.17, 15) is 19.2 Å². The van der Waals surface area contributed by atoms with Gasteiger partial charge in [0.05, 0.1) is 0 Å². The number of carbonyl (C=O) groups is 4. The Bertz CT molecular complexity index is 953. The molecule has 8 heteroatoms. The number of amides is 5. The average Bonchev–Trinajstić information content (AvgIpc) is 3.50. The number of imide groups is 1. The summed E-state index contributed by atoms with van der Waals surface area (Å²) in [6.07, 6.45) is 3.99. The Morgan fingerprint density at radius 1 is 1.16 bits per heavy atom. The highest BCUT2D eigenvalue weighted by Gasteiger charge is 2.56. The summed E-state index contributed by atoms with van der Waals surface area (Å²) in [5.74, 6) is -0.712. The SMILES string of the molecule is CC1CC(C)(C)CC2(C1)NC(=O)N(CC(=O)N(Cc1ccc(C(N)=O)cc1)C1CC1)C2=O. The Morgan fingerprint density at radius 2 is 1.81 bits per heavy atom. The third-order valence-corrected chi connectivity index (χ3v) is 6.82. The fraction of sp³-hybridized carbons (Fsp3) is 0.583. The van der Waals surface area contributed by atoms with Gasteiger partial charge in [0.2, 0.25) is 11.8 Å². The Kier molecular flexibility index (Phi) is 5.51. The molecule has 2 aliphatic carbocycles. The van der Waals surface area contributed by atoms with Crippen LogP contribution in [0.25, 0.3) is 0 Å². The lowest BCUT2D eigenvalue weighted by atomic mass is 9.64. The van der Waals surface area contributed by atoms with Crippen molar-refractivity contribution in [3.63, 3.8) is 0 Å². The van der Waals surface area contributed by atoms with Crippen molar-refractivity contribution in [2.75, 3.05) is 6.54 Å². The van der Waals surface area contributed by atoms with Gasteiger partial charge in [0.1, 0.15) is 12.1 Å². The van der Waals surface area contributed by atoms with Crippen LogP contribution in [0.5, 0.6) is 0 Å². The first-order chi connectivity index (χ1) is 15.0. The number of nitrogens with one attached hydrogen (secondary N) is 1. The molecule has 4 rings (SSSR count). The van der Waals surface area contributed by atoms with Crippen LogP contribution < -0.4 is 11.1 Å². The predicted octanol–water partition coefficient (Wildman–Crippen LogP) is 2.41. The first-order valence-electron chi connectivity index (χ1n) is 11.3. The molecule has 0 bridgehead atoms. The highest BCUT2D eigenvalue weighted by atomic mass is 16.2. The summed E-state index contributed by atoms with van der Waals surface area (Å²) < 4.78 is 0. The zero-order chi connectivity index (χ0) is 23.3. The average molecular weight is 441 g/mol. The molecule has 2 saturated carbocycles. The molecule has 2 atom stereocenters. The second-order valence-electron chi connectivity index (χ2n) is 10.6. The van der Waals surface area contributed by atoms with Gasteiger partial charge in [-0.2, -0.15) is 0 Å². The maximum atomic E-state index is 13.4. The minimum Gasteiger partial charge on any atom is -0.366 e. The summed E-state index contributed by atoms with van der Waals surface area (Å²) in [6.45, 7) is 6.46. The van der Waals surface area contributed by atoms with Crippen LogP contribution in [0, 0.1) is 11.3 Å². The van der Waals surface area contributed by atoms with E-state index in [1.54, 1.807) is 29.2 Å². The van der Waals surface area contributed by atoms with Crippen LogP contribution >= 0.6 is 0 Å². The van der Waals surface area contributed by atoms with E-state index in [4.69, 9.17) is 5.73 Å². The topological polar surface area (TPSA) is 113 Å². The van der Waals surface area contributed by atoms with Gasteiger partial charge < -0.3 is 16.0 Å². The number of hydrogen-bond acceptors (Lipinski definition) is 4. The van der Waals surface area contributed by atoms with Gasteiger partial charge in [-0.15, -0.1) is 0 Å². The number of rotatable bonds is 6. The monoisotopic (exact) mass is 440 g/mol. The molecule has 8 nitrogen and oxygen atoms in total. The van der Waals surface area contributed by atoms with Gasteiger partial charge >= 0.3 is 6.03 Å². The molecular weight excluding hydrogens is 408 g/mol. The molecule has 1 spiro atoms. The van der Waals surface area contributed by atoms with Crippen LogP contribution in [-0.2, 0) is 16.1 Å². The first kappa shape index (κ1) is 22.3. The lowest BCUT2D eigenvalue weighted by molar-refractivity contribution is -0.141. The standard InChI is InChI=1S/C24H32N4O4/c1-15-10-23(2,3)14-24(11-15)21(31)28(22(32)26-24)13-19(29)27(18-8-9-18)12-16-4-6-17(7-5-16)20(25)30/h4-7,15,18H,8-14H2,1-3H3,(H2,25,30)(H,26,32). The van der Waals surface area contributed by atoms with E-state index in [1.165, 1.54) is 0 Å². The molecule has 32 heavy (non-hydrogen) atoms. The minimum atomic E-state index is -0.909. The van der Waals surface area contributed by atoms with Crippen LogP contribution in [0.4, 0.5) is 4.79 Å². The number of urea groups is 1. The molecule has 3 N–H and O–H groups in total. The third-order valence-electron chi connectivity index (χ3n) is 6.82. The molecule has 0 radical (unpaired) electrons. The Balaban J connectivity index is 1.47. The van der Waals surface area contributed by atoms with Crippen LogP contribution in [0.15, 0.2) is 24.3 Å². The Morgan fingerprint density at radius 3 is 2.38 bits per heavy atom. The Hall–Kier alpha value is -2.90. The molecule has 1 aromatic carbocycles. The van der Waals surface area contributed by atoms with E-state index in [2.05, 4.69) is 26.1 Å². The first-order valence-corrected chi connectivity index (χ1v) is 11.3. The van der Waals surface area contributed by atoms with Crippen LogP contribution in [-0.4, -0.2) is 51.7 Å². The van der Waals surface area contributed by atoms with Gasteiger partial charge in [-0.1, -0.05) is 32.9 Å². The molecular formula is C24H32N4O4. The number of carbonyl (C=O) groups excluding carboxylic acids is 4. The van der Waals surface area contributed by atoms with E-state index in [-0.39, 0.29) is 29.8 Å². The zero-order valence-electron chi connectivity index (χ0n) is 19.0. The molecule has 3 fully saturated rings. The Labute approximate surface area is 188 Å². The van der Waals surface area contributed by atoms with Crippen molar-refractivity contribution in [2.45, 2.75) is 71.0 Å². The number of nitrogens with two attached hydrogens (primary N) is 1. The second kappa shape index (κ2) is 7.90. The molecule has 0 aromatic heterocycles. The van der Waals surface area contributed by atoms with E-state index >= 15 is 0 Å². The molecule has 5 amide bonds. The van der Waals surface area contributed by atoms with E-state index in [0.717, 1.165) is 29.7 Å². The second-order valence-corrected chi connectivity index (χ2v) is 10.6. The third kappa shape index (κ3) is 4.36.